The van der Waals surface area contributed by atoms with Gasteiger partial charge in [0, 0.05) is 6.04 Å². The first-order valence-electron chi connectivity index (χ1n) is 6.73. The summed E-state index contributed by atoms with van der Waals surface area (Å²) >= 11 is 0. The van der Waals surface area contributed by atoms with Gasteiger partial charge in [0.2, 0.25) is 5.91 Å². The van der Waals surface area contributed by atoms with Gasteiger partial charge in [0.1, 0.15) is 6.54 Å². The Hall–Kier alpha value is -1.27. The van der Waals surface area contributed by atoms with Crippen LogP contribution < -0.4 is 0 Å². The molecule has 0 radical (unpaired) electrons. The fourth-order valence-electron chi connectivity index (χ4n) is 2.64. The number of carboxylic acids is 1. The van der Waals surface area contributed by atoms with E-state index in [0.717, 1.165) is 4.90 Å². The highest BCUT2D eigenvalue weighted by atomic mass is 19.4. The number of amides is 1. The van der Waals surface area contributed by atoms with Gasteiger partial charge < -0.3 is 10.0 Å². The predicted molar refractivity (Wildman–Crippen MR) is 66.0 cm³/mol. The molecule has 0 unspecified atom stereocenters. The van der Waals surface area contributed by atoms with Gasteiger partial charge in [-0.3, -0.25) is 9.59 Å². The molecule has 1 rings (SSSR count). The first-order chi connectivity index (χ1) is 9.13. The van der Waals surface area contributed by atoms with Gasteiger partial charge >= 0.3 is 12.1 Å². The standard InChI is InChI=1S/C13H20F3NO3/c1-8(2)17(7-13(14,15)16)11(18)9-5-3-4-6-10(9)12(19)20/h8-10H,3-7H2,1-2H3,(H,19,20)/t9-,10+/m1/s1. The van der Waals surface area contributed by atoms with Crippen LogP contribution >= 0.6 is 0 Å². The van der Waals surface area contributed by atoms with Gasteiger partial charge in [0.25, 0.3) is 0 Å². The maximum Gasteiger partial charge on any atom is 0.406 e. The van der Waals surface area contributed by atoms with Crippen molar-refractivity contribution in [2.24, 2.45) is 11.8 Å². The van der Waals surface area contributed by atoms with Crippen LogP contribution in [0.3, 0.4) is 0 Å². The van der Waals surface area contributed by atoms with E-state index in [0.29, 0.717) is 25.7 Å². The Bertz CT molecular complexity index is 368. The normalized spacial score (nSPS) is 23.7. The van der Waals surface area contributed by atoms with Crippen molar-refractivity contribution >= 4 is 11.9 Å². The zero-order valence-corrected chi connectivity index (χ0v) is 11.6. The lowest BCUT2D eigenvalue weighted by molar-refractivity contribution is -0.171. The van der Waals surface area contributed by atoms with Crippen LogP contribution in [0.4, 0.5) is 13.2 Å². The zero-order chi connectivity index (χ0) is 15.5. The average Bonchev–Trinajstić information content (AvgIpc) is 2.33. The summed E-state index contributed by atoms with van der Waals surface area (Å²) in [6.07, 6.45) is -2.41. The second-order valence-corrected chi connectivity index (χ2v) is 5.51. The molecule has 1 aliphatic rings. The van der Waals surface area contributed by atoms with Gasteiger partial charge in [0.05, 0.1) is 11.8 Å². The number of carbonyl (C=O) groups is 2. The zero-order valence-electron chi connectivity index (χ0n) is 11.6. The number of rotatable bonds is 4. The molecule has 1 N–H and O–H groups in total. The lowest BCUT2D eigenvalue weighted by Gasteiger charge is -2.35. The second kappa shape index (κ2) is 6.45. The number of carboxylic acid groups (broad SMARTS) is 1. The van der Waals surface area contributed by atoms with Gasteiger partial charge in [-0.2, -0.15) is 13.2 Å². The van der Waals surface area contributed by atoms with Crippen molar-refractivity contribution < 1.29 is 27.9 Å². The highest BCUT2D eigenvalue weighted by molar-refractivity contribution is 5.85. The van der Waals surface area contributed by atoms with Crippen LogP contribution in [0.15, 0.2) is 0 Å². The largest absolute Gasteiger partial charge is 0.481 e. The molecular formula is C13H20F3NO3. The number of halogens is 3. The van der Waals surface area contributed by atoms with Crippen LogP contribution in [0.5, 0.6) is 0 Å². The molecule has 4 nitrogen and oxygen atoms in total. The smallest absolute Gasteiger partial charge is 0.406 e. The van der Waals surface area contributed by atoms with Crippen molar-refractivity contribution in [2.75, 3.05) is 6.54 Å². The van der Waals surface area contributed by atoms with E-state index < -0.39 is 42.5 Å². The number of carbonyl (C=O) groups excluding carboxylic acids is 1. The monoisotopic (exact) mass is 295 g/mol. The van der Waals surface area contributed by atoms with Crippen molar-refractivity contribution in [3.63, 3.8) is 0 Å². The van der Waals surface area contributed by atoms with E-state index in [9.17, 15) is 22.8 Å². The molecule has 7 heteroatoms. The molecule has 0 aromatic carbocycles. The maximum atomic E-state index is 12.5. The molecule has 0 aromatic rings. The van der Waals surface area contributed by atoms with Crippen molar-refractivity contribution in [3.8, 4) is 0 Å². The van der Waals surface area contributed by atoms with Gasteiger partial charge in [-0.05, 0) is 26.7 Å². The van der Waals surface area contributed by atoms with Gasteiger partial charge in [-0.25, -0.2) is 0 Å². The third-order valence-electron chi connectivity index (χ3n) is 3.66. The molecule has 0 spiro atoms. The average molecular weight is 295 g/mol. The molecule has 0 aromatic heterocycles. The van der Waals surface area contributed by atoms with Crippen LogP contribution in [0.25, 0.3) is 0 Å². The number of aliphatic carboxylic acids is 1. The molecule has 0 bridgehead atoms. The molecule has 1 amide bonds. The fourth-order valence-corrected chi connectivity index (χ4v) is 2.64. The molecule has 116 valence electrons. The summed E-state index contributed by atoms with van der Waals surface area (Å²) in [6.45, 7) is 1.68. The van der Waals surface area contributed by atoms with E-state index in [-0.39, 0.29) is 0 Å². The Balaban J connectivity index is 2.89. The summed E-state index contributed by atoms with van der Waals surface area (Å²) in [7, 11) is 0. The molecule has 1 aliphatic carbocycles. The van der Waals surface area contributed by atoms with Crippen molar-refractivity contribution in [1.29, 1.82) is 0 Å². The fraction of sp³-hybridized carbons (Fsp3) is 0.846. The van der Waals surface area contributed by atoms with Gasteiger partial charge in [-0.15, -0.1) is 0 Å². The Kier molecular flexibility index (Phi) is 5.42. The van der Waals surface area contributed by atoms with Crippen LogP contribution in [0, 0.1) is 11.8 Å². The van der Waals surface area contributed by atoms with Crippen molar-refractivity contribution in [1.82, 2.24) is 4.90 Å². The molecular weight excluding hydrogens is 275 g/mol. The quantitative estimate of drug-likeness (QED) is 0.867. The number of alkyl halides is 3. The van der Waals surface area contributed by atoms with E-state index in [1.54, 1.807) is 0 Å². The molecule has 0 heterocycles. The molecule has 0 aliphatic heterocycles. The first-order valence-corrected chi connectivity index (χ1v) is 6.73. The van der Waals surface area contributed by atoms with Gasteiger partial charge in [-0.1, -0.05) is 12.8 Å². The predicted octanol–water partition coefficient (Wildman–Crippen LogP) is 2.68. The number of hydrogen-bond acceptors (Lipinski definition) is 2. The summed E-state index contributed by atoms with van der Waals surface area (Å²) in [5, 5.41) is 9.12. The molecule has 2 atom stereocenters. The summed E-state index contributed by atoms with van der Waals surface area (Å²) in [4.78, 5) is 24.2. The SMILES string of the molecule is CC(C)N(CC(F)(F)F)C(=O)[C@@H]1CCCC[C@@H]1C(=O)O. The van der Waals surface area contributed by atoms with Crippen LogP contribution in [-0.2, 0) is 9.59 Å². The summed E-state index contributed by atoms with van der Waals surface area (Å²) in [5.41, 5.74) is 0. The third kappa shape index (κ3) is 4.38. The van der Waals surface area contributed by atoms with E-state index in [1.165, 1.54) is 13.8 Å². The maximum absolute atomic E-state index is 12.5. The minimum absolute atomic E-state index is 0.344. The summed E-state index contributed by atoms with van der Waals surface area (Å²) in [5.74, 6) is -3.50. The molecule has 1 saturated carbocycles. The molecule has 0 saturated heterocycles. The minimum atomic E-state index is -4.48. The highest BCUT2D eigenvalue weighted by Gasteiger charge is 2.41. The number of hydrogen-bond donors (Lipinski definition) is 1. The Morgan fingerprint density at radius 2 is 1.70 bits per heavy atom. The van der Waals surface area contributed by atoms with E-state index in [4.69, 9.17) is 5.11 Å². The van der Waals surface area contributed by atoms with Crippen LogP contribution in [0.2, 0.25) is 0 Å². The van der Waals surface area contributed by atoms with Crippen molar-refractivity contribution in [2.45, 2.75) is 51.7 Å². The Labute approximate surface area is 115 Å². The second-order valence-electron chi connectivity index (χ2n) is 5.51. The third-order valence-corrected chi connectivity index (χ3v) is 3.66. The van der Waals surface area contributed by atoms with Crippen LogP contribution in [0.1, 0.15) is 39.5 Å². The van der Waals surface area contributed by atoms with Crippen molar-refractivity contribution in [3.05, 3.63) is 0 Å². The summed E-state index contributed by atoms with van der Waals surface area (Å²) < 4.78 is 37.6. The first kappa shape index (κ1) is 16.8. The molecule has 20 heavy (non-hydrogen) atoms. The Morgan fingerprint density at radius 1 is 1.20 bits per heavy atom. The molecule has 1 fully saturated rings. The number of nitrogens with zero attached hydrogens (tertiary/aromatic N) is 1. The lowest BCUT2D eigenvalue weighted by atomic mass is 9.78. The Morgan fingerprint density at radius 3 is 2.10 bits per heavy atom. The van der Waals surface area contributed by atoms with E-state index in [1.807, 2.05) is 0 Å². The van der Waals surface area contributed by atoms with E-state index in [2.05, 4.69) is 0 Å². The highest BCUT2D eigenvalue weighted by Crippen LogP contribution is 2.33. The topological polar surface area (TPSA) is 57.6 Å². The lowest BCUT2D eigenvalue weighted by Crippen LogP contribution is -2.49. The van der Waals surface area contributed by atoms with E-state index >= 15 is 0 Å². The van der Waals surface area contributed by atoms with Gasteiger partial charge in [0.15, 0.2) is 0 Å². The minimum Gasteiger partial charge on any atom is -0.481 e. The van der Waals surface area contributed by atoms with Crippen LogP contribution in [-0.4, -0.2) is 40.6 Å². The summed E-state index contributed by atoms with van der Waals surface area (Å²) in [6, 6.07) is -0.611.